The molecule has 0 aliphatic carbocycles. The molecule has 1 aliphatic heterocycles. The van der Waals surface area contributed by atoms with E-state index in [4.69, 9.17) is 4.74 Å². The number of anilines is 3. The first-order chi connectivity index (χ1) is 15.3. The zero-order valence-corrected chi connectivity index (χ0v) is 20.6. The number of nitrogens with zero attached hydrogens (tertiary/aromatic N) is 4. The summed E-state index contributed by atoms with van der Waals surface area (Å²) in [7, 11) is 1.77. The van der Waals surface area contributed by atoms with E-state index in [1.807, 2.05) is 20.8 Å². The third kappa shape index (κ3) is 7.35. The second-order valence-corrected chi connectivity index (χ2v) is 8.63. The third-order valence-corrected chi connectivity index (χ3v) is 4.73. The smallest absolute Gasteiger partial charge is 0.422 e. The van der Waals surface area contributed by atoms with E-state index in [-0.39, 0.29) is 38.4 Å². The Labute approximate surface area is 202 Å². The van der Waals surface area contributed by atoms with Crippen LogP contribution in [0.25, 0.3) is 0 Å². The molecule has 3 rings (SSSR count). The molecule has 188 valence electrons. The molecule has 0 aromatic carbocycles. The number of carbonyl (C=O) groups excluding carboxylic acids is 1. The van der Waals surface area contributed by atoms with E-state index < -0.39 is 24.4 Å². The number of pyridine rings is 1. The first-order valence-electron chi connectivity index (χ1n) is 10.3. The maximum Gasteiger partial charge on any atom is 0.422 e. The molecule has 13 heteroatoms. The van der Waals surface area contributed by atoms with Gasteiger partial charge in [-0.15, -0.1) is 0 Å². The number of amides is 1. The summed E-state index contributed by atoms with van der Waals surface area (Å²) in [5.41, 5.74) is 1.43. The number of hydrogen-bond donors (Lipinski definition) is 2. The average Bonchev–Trinajstić information content (AvgIpc) is 2.71. The van der Waals surface area contributed by atoms with Crippen LogP contribution in [0.5, 0.6) is 5.88 Å². The summed E-state index contributed by atoms with van der Waals surface area (Å²) >= 11 is 0. The molecular formula is C21H29F3N6O3S. The molecule has 0 saturated carbocycles. The lowest BCUT2D eigenvalue weighted by Gasteiger charge is -2.36. The van der Waals surface area contributed by atoms with Crippen LogP contribution in [0.3, 0.4) is 0 Å². The van der Waals surface area contributed by atoms with E-state index in [9.17, 15) is 18.0 Å². The molecule has 0 radical (unpaired) electrons. The van der Waals surface area contributed by atoms with Crippen molar-refractivity contribution < 1.29 is 27.4 Å². The van der Waals surface area contributed by atoms with Gasteiger partial charge in [0.25, 0.3) is 0 Å². The monoisotopic (exact) mass is 502 g/mol. The number of nitrogens with one attached hydrogen (secondary N) is 2. The normalized spacial score (nSPS) is 15.8. The summed E-state index contributed by atoms with van der Waals surface area (Å²) in [6, 6.07) is 2.42. The van der Waals surface area contributed by atoms with E-state index in [1.54, 1.807) is 24.9 Å². The number of likely N-dealkylation sites (N-methyl/N-ethyl adjacent to an activating group) is 1. The van der Waals surface area contributed by atoms with Gasteiger partial charge in [0.15, 0.2) is 12.4 Å². The molecule has 0 bridgehead atoms. The van der Waals surface area contributed by atoms with Crippen LogP contribution < -0.4 is 20.3 Å². The topological polar surface area (TPSA) is 102 Å². The standard InChI is InChI=1S/C21H27F3N6O3.H2S/c1-12-16-17(30(5)14(18(31)28-16)10-33-20(2,3)4)29-19(27-12)26-9-13-6-7-15(25-8-13)32-11-21(22,23)24;/h6-8,14H,9-11H2,1-5H3,(H,28,31)(H,26,27,29);1H2/t14-;/m0./s1. The van der Waals surface area contributed by atoms with Gasteiger partial charge in [-0.25, -0.2) is 9.97 Å². The number of ether oxygens (including phenoxy) is 2. The first-order valence-corrected chi connectivity index (χ1v) is 10.3. The Hall–Kier alpha value is -2.80. The van der Waals surface area contributed by atoms with Gasteiger partial charge >= 0.3 is 6.18 Å². The second kappa shape index (κ2) is 10.6. The van der Waals surface area contributed by atoms with Gasteiger partial charge < -0.3 is 25.0 Å². The average molecular weight is 503 g/mol. The summed E-state index contributed by atoms with van der Waals surface area (Å²) in [5, 5.41) is 5.93. The van der Waals surface area contributed by atoms with E-state index in [2.05, 4.69) is 30.3 Å². The maximum atomic E-state index is 12.6. The largest absolute Gasteiger partial charge is 0.468 e. The number of alkyl halides is 3. The molecule has 1 amide bonds. The number of rotatable bonds is 7. The Morgan fingerprint density at radius 2 is 1.91 bits per heavy atom. The van der Waals surface area contributed by atoms with Gasteiger partial charge in [0.1, 0.15) is 11.7 Å². The van der Waals surface area contributed by atoms with Crippen LogP contribution in [0.15, 0.2) is 18.3 Å². The van der Waals surface area contributed by atoms with Gasteiger partial charge in [-0.1, -0.05) is 6.07 Å². The highest BCUT2D eigenvalue weighted by atomic mass is 32.1. The van der Waals surface area contributed by atoms with E-state index in [0.717, 1.165) is 0 Å². The number of aryl methyl sites for hydroxylation is 1. The minimum Gasteiger partial charge on any atom is -0.468 e. The van der Waals surface area contributed by atoms with E-state index in [1.165, 1.54) is 12.3 Å². The molecule has 2 aromatic heterocycles. The van der Waals surface area contributed by atoms with Gasteiger partial charge in [0.05, 0.1) is 17.9 Å². The SMILES string of the molecule is Cc1nc(NCc2ccc(OCC(F)(F)F)nc2)nc2c1NC(=O)[C@H](COC(C)(C)C)N2C.S. The summed E-state index contributed by atoms with van der Waals surface area (Å²) in [6.07, 6.45) is -3.01. The first kappa shape index (κ1) is 27.4. The van der Waals surface area contributed by atoms with Crippen LogP contribution in [0.4, 0.5) is 30.6 Å². The van der Waals surface area contributed by atoms with Crippen molar-refractivity contribution in [2.24, 2.45) is 0 Å². The van der Waals surface area contributed by atoms with Crippen molar-refractivity contribution in [2.75, 3.05) is 35.8 Å². The fraction of sp³-hybridized carbons (Fsp3) is 0.524. The molecule has 1 atom stereocenters. The summed E-state index contributed by atoms with van der Waals surface area (Å²) in [4.78, 5) is 27.1. The van der Waals surface area contributed by atoms with Crippen LogP contribution >= 0.6 is 13.5 Å². The molecule has 34 heavy (non-hydrogen) atoms. The molecule has 0 unspecified atom stereocenters. The lowest BCUT2D eigenvalue weighted by molar-refractivity contribution is -0.154. The van der Waals surface area contributed by atoms with Crippen LogP contribution in [0, 0.1) is 6.92 Å². The molecule has 0 fully saturated rings. The second-order valence-electron chi connectivity index (χ2n) is 8.63. The van der Waals surface area contributed by atoms with Gasteiger partial charge in [-0.05, 0) is 33.3 Å². The van der Waals surface area contributed by atoms with Gasteiger partial charge in [-0.2, -0.15) is 31.7 Å². The molecular weight excluding hydrogens is 473 g/mol. The lowest BCUT2D eigenvalue weighted by Crippen LogP contribution is -2.50. The quantitative estimate of drug-likeness (QED) is 0.594. The van der Waals surface area contributed by atoms with Crippen molar-refractivity contribution in [3.63, 3.8) is 0 Å². The van der Waals surface area contributed by atoms with Crippen LogP contribution in [-0.2, 0) is 16.1 Å². The van der Waals surface area contributed by atoms with Gasteiger partial charge in [-0.3, -0.25) is 4.79 Å². The number of halogens is 3. The number of carbonyl (C=O) groups is 1. The highest BCUT2D eigenvalue weighted by Gasteiger charge is 2.34. The third-order valence-electron chi connectivity index (χ3n) is 4.73. The summed E-state index contributed by atoms with van der Waals surface area (Å²) < 4.78 is 47.1. The van der Waals surface area contributed by atoms with Gasteiger partial charge in [0.2, 0.25) is 17.7 Å². The Morgan fingerprint density at radius 1 is 1.21 bits per heavy atom. The van der Waals surface area contributed by atoms with Crippen LogP contribution in [0.1, 0.15) is 32.0 Å². The molecule has 0 saturated heterocycles. The lowest BCUT2D eigenvalue weighted by atomic mass is 10.1. The molecule has 3 heterocycles. The fourth-order valence-electron chi connectivity index (χ4n) is 3.02. The number of aromatic nitrogens is 3. The Balaban J connectivity index is 0.00000408. The zero-order chi connectivity index (χ0) is 24.4. The van der Waals surface area contributed by atoms with E-state index in [0.29, 0.717) is 28.7 Å². The van der Waals surface area contributed by atoms with Crippen molar-refractivity contribution in [1.29, 1.82) is 0 Å². The summed E-state index contributed by atoms with van der Waals surface area (Å²) in [5.74, 6) is 0.585. The molecule has 2 N–H and O–H groups in total. The van der Waals surface area contributed by atoms with E-state index >= 15 is 0 Å². The number of fused-ring (bicyclic) bond motifs is 1. The fourth-order valence-corrected chi connectivity index (χ4v) is 3.02. The van der Waals surface area contributed by atoms with Crippen molar-refractivity contribution in [2.45, 2.75) is 52.1 Å². The Bertz CT molecular complexity index is 999. The molecule has 0 spiro atoms. The Kier molecular flexibility index (Phi) is 8.59. The minimum atomic E-state index is -4.42. The zero-order valence-electron chi connectivity index (χ0n) is 19.6. The number of hydrogen-bond acceptors (Lipinski definition) is 8. The van der Waals surface area contributed by atoms with Crippen molar-refractivity contribution >= 4 is 36.9 Å². The molecule has 9 nitrogen and oxygen atoms in total. The predicted molar refractivity (Wildman–Crippen MR) is 127 cm³/mol. The Morgan fingerprint density at radius 3 is 2.50 bits per heavy atom. The van der Waals surface area contributed by atoms with Crippen molar-refractivity contribution in [1.82, 2.24) is 15.0 Å². The van der Waals surface area contributed by atoms with Crippen LogP contribution in [0.2, 0.25) is 0 Å². The molecule has 2 aromatic rings. The highest BCUT2D eigenvalue weighted by molar-refractivity contribution is 7.59. The minimum absolute atomic E-state index is 0. The summed E-state index contributed by atoms with van der Waals surface area (Å²) in [6.45, 7) is 6.61. The van der Waals surface area contributed by atoms with Crippen molar-refractivity contribution in [3.8, 4) is 5.88 Å². The maximum absolute atomic E-state index is 12.6. The van der Waals surface area contributed by atoms with Gasteiger partial charge in [0, 0.05) is 25.9 Å². The van der Waals surface area contributed by atoms with Crippen LogP contribution in [-0.4, -0.2) is 58.9 Å². The highest BCUT2D eigenvalue weighted by Crippen LogP contribution is 2.32. The predicted octanol–water partition coefficient (Wildman–Crippen LogP) is 3.42. The van der Waals surface area contributed by atoms with Crippen molar-refractivity contribution in [3.05, 3.63) is 29.6 Å². The molecule has 1 aliphatic rings.